The van der Waals surface area contributed by atoms with E-state index in [0.29, 0.717) is 5.92 Å². The lowest BCUT2D eigenvalue weighted by Gasteiger charge is -2.33. The molecule has 0 N–H and O–H groups in total. The van der Waals surface area contributed by atoms with Crippen molar-refractivity contribution in [3.05, 3.63) is 23.9 Å². The normalized spacial score (nSPS) is 21.7. The van der Waals surface area contributed by atoms with Crippen LogP contribution in [0.1, 0.15) is 18.4 Å². The first-order valence-corrected chi connectivity index (χ1v) is 6.07. The zero-order chi connectivity index (χ0) is 10.7. The predicted octanol–water partition coefficient (Wildman–Crippen LogP) is 2.85. The molecule has 15 heavy (non-hydrogen) atoms. The molecular formula is C12H17ClN2. The number of alkyl halides is 1. The molecule has 0 radical (unpaired) electrons. The van der Waals surface area contributed by atoms with Crippen LogP contribution in [0.25, 0.3) is 0 Å². The van der Waals surface area contributed by atoms with Gasteiger partial charge >= 0.3 is 0 Å². The van der Waals surface area contributed by atoms with Gasteiger partial charge in [0.15, 0.2) is 0 Å². The first-order valence-electron chi connectivity index (χ1n) is 5.54. The standard InChI is InChI=1S/C12H17ClN2/c1-10-4-2-6-14-12(10)15-7-3-5-11(8-13)9-15/h2,4,6,11H,3,5,7-9H2,1H3. The van der Waals surface area contributed by atoms with E-state index in [2.05, 4.69) is 22.9 Å². The maximum atomic E-state index is 5.93. The summed E-state index contributed by atoms with van der Waals surface area (Å²) >= 11 is 5.93. The minimum Gasteiger partial charge on any atom is -0.356 e. The maximum absolute atomic E-state index is 5.93. The van der Waals surface area contributed by atoms with Crippen LogP contribution in [-0.2, 0) is 0 Å². The molecule has 2 heterocycles. The van der Waals surface area contributed by atoms with Gasteiger partial charge in [-0.2, -0.15) is 0 Å². The molecule has 1 fully saturated rings. The topological polar surface area (TPSA) is 16.1 Å². The molecule has 1 aromatic heterocycles. The number of aromatic nitrogens is 1. The Balaban J connectivity index is 2.13. The molecule has 1 aliphatic rings. The van der Waals surface area contributed by atoms with Gasteiger partial charge in [-0.05, 0) is 37.3 Å². The summed E-state index contributed by atoms with van der Waals surface area (Å²) in [6.07, 6.45) is 4.35. The van der Waals surface area contributed by atoms with Crippen LogP contribution in [0.15, 0.2) is 18.3 Å². The van der Waals surface area contributed by atoms with E-state index in [0.717, 1.165) is 24.8 Å². The minimum atomic E-state index is 0.627. The fraction of sp³-hybridized carbons (Fsp3) is 0.583. The van der Waals surface area contributed by atoms with Crippen molar-refractivity contribution >= 4 is 17.4 Å². The Labute approximate surface area is 96.3 Å². The summed E-state index contributed by atoms with van der Waals surface area (Å²) in [5.74, 6) is 2.52. The number of hydrogen-bond acceptors (Lipinski definition) is 2. The fourth-order valence-electron chi connectivity index (χ4n) is 2.19. The second-order valence-electron chi connectivity index (χ2n) is 4.25. The van der Waals surface area contributed by atoms with Gasteiger partial charge in [-0.1, -0.05) is 6.07 Å². The molecule has 0 spiro atoms. The predicted molar refractivity (Wildman–Crippen MR) is 64.6 cm³/mol. The highest BCUT2D eigenvalue weighted by molar-refractivity contribution is 6.18. The van der Waals surface area contributed by atoms with Crippen LogP contribution in [0.2, 0.25) is 0 Å². The molecule has 2 rings (SSSR count). The van der Waals surface area contributed by atoms with Crippen LogP contribution in [0.5, 0.6) is 0 Å². The van der Waals surface area contributed by atoms with Crippen molar-refractivity contribution in [2.75, 3.05) is 23.9 Å². The van der Waals surface area contributed by atoms with Gasteiger partial charge in [0.05, 0.1) is 0 Å². The second kappa shape index (κ2) is 4.84. The molecule has 0 bridgehead atoms. The lowest BCUT2D eigenvalue weighted by atomic mass is 10.00. The largest absolute Gasteiger partial charge is 0.356 e. The minimum absolute atomic E-state index is 0.627. The quantitative estimate of drug-likeness (QED) is 0.719. The SMILES string of the molecule is Cc1cccnc1N1CCCC(CCl)C1. The highest BCUT2D eigenvalue weighted by Gasteiger charge is 2.20. The number of aryl methyl sites for hydroxylation is 1. The van der Waals surface area contributed by atoms with Gasteiger partial charge in [0.1, 0.15) is 5.82 Å². The zero-order valence-electron chi connectivity index (χ0n) is 9.12. The molecule has 0 amide bonds. The maximum Gasteiger partial charge on any atom is 0.131 e. The van der Waals surface area contributed by atoms with E-state index in [1.54, 1.807) is 0 Å². The van der Waals surface area contributed by atoms with Crippen molar-refractivity contribution in [3.8, 4) is 0 Å². The zero-order valence-corrected chi connectivity index (χ0v) is 9.87. The van der Waals surface area contributed by atoms with Crippen molar-refractivity contribution in [2.24, 2.45) is 5.92 Å². The highest BCUT2D eigenvalue weighted by atomic mass is 35.5. The van der Waals surface area contributed by atoms with Crippen molar-refractivity contribution in [3.63, 3.8) is 0 Å². The number of rotatable bonds is 2. The summed E-state index contributed by atoms with van der Waals surface area (Å²) in [7, 11) is 0. The van der Waals surface area contributed by atoms with Crippen LogP contribution in [0, 0.1) is 12.8 Å². The molecule has 1 unspecified atom stereocenters. The molecule has 82 valence electrons. The van der Waals surface area contributed by atoms with Crippen LogP contribution in [-0.4, -0.2) is 24.0 Å². The number of pyridine rings is 1. The van der Waals surface area contributed by atoms with Gasteiger partial charge in [-0.3, -0.25) is 0 Å². The van der Waals surface area contributed by atoms with Crippen molar-refractivity contribution in [2.45, 2.75) is 19.8 Å². The van der Waals surface area contributed by atoms with Gasteiger partial charge in [-0.25, -0.2) is 4.98 Å². The van der Waals surface area contributed by atoms with E-state index in [1.807, 2.05) is 12.3 Å². The number of anilines is 1. The summed E-state index contributed by atoms with van der Waals surface area (Å²) in [5, 5.41) is 0. The average molecular weight is 225 g/mol. The molecule has 1 saturated heterocycles. The van der Waals surface area contributed by atoms with Gasteiger partial charge in [0, 0.05) is 25.2 Å². The molecule has 0 aliphatic carbocycles. The Kier molecular flexibility index (Phi) is 3.47. The van der Waals surface area contributed by atoms with E-state index in [9.17, 15) is 0 Å². The Morgan fingerprint density at radius 2 is 2.47 bits per heavy atom. The van der Waals surface area contributed by atoms with Crippen molar-refractivity contribution in [1.82, 2.24) is 4.98 Å². The summed E-state index contributed by atoms with van der Waals surface area (Å²) < 4.78 is 0. The number of halogens is 1. The Morgan fingerprint density at radius 3 is 3.20 bits per heavy atom. The number of piperidine rings is 1. The summed E-state index contributed by atoms with van der Waals surface area (Å²) in [4.78, 5) is 6.82. The third kappa shape index (κ3) is 2.43. The van der Waals surface area contributed by atoms with E-state index < -0.39 is 0 Å². The lowest BCUT2D eigenvalue weighted by molar-refractivity contribution is 0.448. The molecule has 0 aromatic carbocycles. The summed E-state index contributed by atoms with van der Waals surface area (Å²) in [6.45, 7) is 4.29. The Morgan fingerprint density at radius 1 is 1.60 bits per heavy atom. The van der Waals surface area contributed by atoms with Crippen LogP contribution in [0.3, 0.4) is 0 Å². The molecule has 1 aliphatic heterocycles. The first kappa shape index (κ1) is 10.7. The number of nitrogens with zero attached hydrogens (tertiary/aromatic N) is 2. The third-order valence-corrected chi connectivity index (χ3v) is 3.45. The van der Waals surface area contributed by atoms with E-state index in [-0.39, 0.29) is 0 Å². The summed E-state index contributed by atoms with van der Waals surface area (Å²) in [6, 6.07) is 4.11. The fourth-order valence-corrected chi connectivity index (χ4v) is 2.44. The Bertz CT molecular complexity index is 327. The van der Waals surface area contributed by atoms with Gasteiger partial charge in [-0.15, -0.1) is 11.6 Å². The molecular weight excluding hydrogens is 208 g/mol. The van der Waals surface area contributed by atoms with Gasteiger partial charge in [0.2, 0.25) is 0 Å². The first-order chi connectivity index (χ1) is 7.31. The molecule has 0 saturated carbocycles. The lowest BCUT2D eigenvalue weighted by Crippen LogP contribution is -2.37. The second-order valence-corrected chi connectivity index (χ2v) is 4.56. The van der Waals surface area contributed by atoms with E-state index in [1.165, 1.54) is 18.4 Å². The van der Waals surface area contributed by atoms with Crippen LogP contribution in [0.4, 0.5) is 5.82 Å². The summed E-state index contributed by atoms with van der Waals surface area (Å²) in [5.41, 5.74) is 1.26. The van der Waals surface area contributed by atoms with Crippen LogP contribution >= 0.6 is 11.6 Å². The van der Waals surface area contributed by atoms with Gasteiger partial charge < -0.3 is 4.90 Å². The Hall–Kier alpha value is -0.760. The molecule has 3 heteroatoms. The highest BCUT2D eigenvalue weighted by Crippen LogP contribution is 2.24. The van der Waals surface area contributed by atoms with E-state index >= 15 is 0 Å². The smallest absolute Gasteiger partial charge is 0.131 e. The van der Waals surface area contributed by atoms with Gasteiger partial charge in [0.25, 0.3) is 0 Å². The molecule has 2 nitrogen and oxygen atoms in total. The van der Waals surface area contributed by atoms with Crippen LogP contribution < -0.4 is 4.90 Å². The molecule has 1 atom stereocenters. The third-order valence-electron chi connectivity index (χ3n) is 3.02. The van der Waals surface area contributed by atoms with E-state index in [4.69, 9.17) is 11.6 Å². The monoisotopic (exact) mass is 224 g/mol. The van der Waals surface area contributed by atoms with Crippen molar-refractivity contribution < 1.29 is 0 Å². The molecule has 1 aromatic rings. The average Bonchev–Trinajstić information content (AvgIpc) is 2.30. The van der Waals surface area contributed by atoms with Crippen molar-refractivity contribution in [1.29, 1.82) is 0 Å². The number of hydrogen-bond donors (Lipinski definition) is 0.